The van der Waals surface area contributed by atoms with Crippen LogP contribution in [-0.4, -0.2) is 9.78 Å². The molecule has 2 nitrogen and oxygen atoms in total. The molecule has 0 fully saturated rings. The molecule has 96 valence electrons. The first-order chi connectivity index (χ1) is 9.29. The van der Waals surface area contributed by atoms with Crippen molar-refractivity contribution in [2.75, 3.05) is 0 Å². The molecule has 0 aliphatic rings. The average molecular weight is 271 g/mol. The van der Waals surface area contributed by atoms with Crippen LogP contribution >= 0.6 is 11.6 Å². The molecule has 0 N–H and O–H groups in total. The molecule has 1 aromatic heterocycles. The van der Waals surface area contributed by atoms with E-state index in [1.807, 2.05) is 28.9 Å². The number of nitrogens with zero attached hydrogens (tertiary/aromatic N) is 2. The molecule has 2 aromatic carbocycles. The number of fused-ring (bicyclic) bond motifs is 1. The molecule has 1 atom stereocenters. The monoisotopic (exact) mass is 270 g/mol. The summed E-state index contributed by atoms with van der Waals surface area (Å²) < 4.78 is 2.02. The molecule has 3 aromatic rings. The molecule has 0 saturated carbocycles. The zero-order valence-corrected chi connectivity index (χ0v) is 11.5. The van der Waals surface area contributed by atoms with Gasteiger partial charge in [-0.3, -0.25) is 4.68 Å². The molecule has 0 saturated heterocycles. The van der Waals surface area contributed by atoms with Gasteiger partial charge < -0.3 is 0 Å². The van der Waals surface area contributed by atoms with Crippen molar-refractivity contribution in [2.45, 2.75) is 19.4 Å². The number of benzene rings is 2. The van der Waals surface area contributed by atoms with E-state index in [4.69, 9.17) is 11.6 Å². The molecule has 0 radical (unpaired) electrons. The molecular formula is C16H15ClN2. The number of hydrogen-bond acceptors (Lipinski definition) is 1. The second-order valence-corrected chi connectivity index (χ2v) is 5.03. The molecule has 0 aliphatic carbocycles. The van der Waals surface area contributed by atoms with E-state index < -0.39 is 0 Å². The minimum atomic E-state index is 0.254. The maximum absolute atomic E-state index is 6.19. The standard InChI is InChI=1S/C16H15ClN2/c1-2-15(12-7-4-3-5-8-12)19-11-13-9-6-10-14(17)16(13)18-19/h3-11,15H,2H2,1H3. The maximum atomic E-state index is 6.19. The first-order valence-electron chi connectivity index (χ1n) is 6.48. The van der Waals surface area contributed by atoms with Gasteiger partial charge >= 0.3 is 0 Å². The fourth-order valence-electron chi connectivity index (χ4n) is 2.44. The summed E-state index contributed by atoms with van der Waals surface area (Å²) in [5.41, 5.74) is 2.15. The highest BCUT2D eigenvalue weighted by Gasteiger charge is 2.14. The van der Waals surface area contributed by atoms with Crippen molar-refractivity contribution in [2.24, 2.45) is 0 Å². The Bertz CT molecular complexity index is 688. The van der Waals surface area contributed by atoms with E-state index in [1.54, 1.807) is 0 Å². The molecule has 3 rings (SSSR count). The average Bonchev–Trinajstić information content (AvgIpc) is 2.86. The smallest absolute Gasteiger partial charge is 0.111 e. The Balaban J connectivity index is 2.09. The molecule has 0 bridgehead atoms. The molecular weight excluding hydrogens is 256 g/mol. The third-order valence-electron chi connectivity index (χ3n) is 3.40. The highest BCUT2D eigenvalue weighted by atomic mass is 35.5. The van der Waals surface area contributed by atoms with Crippen LogP contribution in [0.1, 0.15) is 24.9 Å². The van der Waals surface area contributed by atoms with Crippen molar-refractivity contribution in [1.82, 2.24) is 9.78 Å². The number of aromatic nitrogens is 2. The lowest BCUT2D eigenvalue weighted by molar-refractivity contribution is 0.513. The van der Waals surface area contributed by atoms with Crippen molar-refractivity contribution >= 4 is 22.5 Å². The number of rotatable bonds is 3. The van der Waals surface area contributed by atoms with Crippen LogP contribution in [0.3, 0.4) is 0 Å². The lowest BCUT2D eigenvalue weighted by Crippen LogP contribution is -2.09. The fourth-order valence-corrected chi connectivity index (χ4v) is 2.66. The summed E-state index contributed by atoms with van der Waals surface area (Å²) in [6.45, 7) is 2.17. The first kappa shape index (κ1) is 12.2. The van der Waals surface area contributed by atoms with Crippen molar-refractivity contribution in [3.8, 4) is 0 Å². The normalized spacial score (nSPS) is 12.7. The predicted molar refractivity (Wildman–Crippen MR) is 79.6 cm³/mol. The summed E-state index contributed by atoms with van der Waals surface area (Å²) in [4.78, 5) is 0. The highest BCUT2D eigenvalue weighted by Crippen LogP contribution is 2.26. The summed E-state index contributed by atoms with van der Waals surface area (Å²) in [6.07, 6.45) is 3.07. The maximum Gasteiger partial charge on any atom is 0.111 e. The Morgan fingerprint density at radius 1 is 1.11 bits per heavy atom. The van der Waals surface area contributed by atoms with Gasteiger partial charge in [0, 0.05) is 11.6 Å². The summed E-state index contributed by atoms with van der Waals surface area (Å²) >= 11 is 6.19. The second kappa shape index (κ2) is 5.06. The van der Waals surface area contributed by atoms with Crippen molar-refractivity contribution < 1.29 is 0 Å². The van der Waals surface area contributed by atoms with Gasteiger partial charge in [0.1, 0.15) is 5.52 Å². The Morgan fingerprint density at radius 3 is 2.58 bits per heavy atom. The predicted octanol–water partition coefficient (Wildman–Crippen LogP) is 4.69. The molecule has 19 heavy (non-hydrogen) atoms. The zero-order chi connectivity index (χ0) is 13.2. The lowest BCUT2D eigenvalue weighted by atomic mass is 10.1. The van der Waals surface area contributed by atoms with Crippen LogP contribution in [0.5, 0.6) is 0 Å². The van der Waals surface area contributed by atoms with E-state index in [0.29, 0.717) is 5.02 Å². The van der Waals surface area contributed by atoms with Crippen LogP contribution in [-0.2, 0) is 0 Å². The van der Waals surface area contributed by atoms with E-state index in [1.165, 1.54) is 5.56 Å². The van der Waals surface area contributed by atoms with Crippen LogP contribution in [0.15, 0.2) is 54.7 Å². The molecule has 0 spiro atoms. The van der Waals surface area contributed by atoms with E-state index in [9.17, 15) is 0 Å². The van der Waals surface area contributed by atoms with E-state index >= 15 is 0 Å². The fraction of sp³-hybridized carbons (Fsp3) is 0.188. The van der Waals surface area contributed by atoms with Crippen LogP contribution < -0.4 is 0 Å². The zero-order valence-electron chi connectivity index (χ0n) is 10.8. The Kier molecular flexibility index (Phi) is 3.26. The van der Waals surface area contributed by atoms with Gasteiger partial charge in [0.2, 0.25) is 0 Å². The van der Waals surface area contributed by atoms with Crippen LogP contribution in [0.4, 0.5) is 0 Å². The van der Waals surface area contributed by atoms with Crippen molar-refractivity contribution in [3.05, 3.63) is 65.3 Å². The summed E-state index contributed by atoms with van der Waals surface area (Å²) in [6, 6.07) is 16.6. The van der Waals surface area contributed by atoms with Gasteiger partial charge in [-0.05, 0) is 18.1 Å². The Hall–Kier alpha value is -1.80. The van der Waals surface area contributed by atoms with Crippen molar-refractivity contribution in [1.29, 1.82) is 0 Å². The molecule has 3 heteroatoms. The summed E-state index contributed by atoms with van der Waals surface area (Å²) in [5, 5.41) is 6.44. The molecule has 0 amide bonds. The number of halogens is 1. The van der Waals surface area contributed by atoms with Crippen LogP contribution in [0.25, 0.3) is 10.9 Å². The largest absolute Gasteiger partial charge is 0.264 e. The van der Waals surface area contributed by atoms with Gasteiger partial charge in [0.25, 0.3) is 0 Å². The minimum absolute atomic E-state index is 0.254. The first-order valence-corrected chi connectivity index (χ1v) is 6.85. The van der Waals surface area contributed by atoms with E-state index in [-0.39, 0.29) is 6.04 Å². The van der Waals surface area contributed by atoms with Crippen LogP contribution in [0, 0.1) is 0 Å². The third kappa shape index (κ3) is 2.24. The van der Waals surface area contributed by atoms with Gasteiger partial charge in [0.15, 0.2) is 0 Å². The van der Waals surface area contributed by atoms with Gasteiger partial charge in [-0.15, -0.1) is 0 Å². The quantitative estimate of drug-likeness (QED) is 0.675. The third-order valence-corrected chi connectivity index (χ3v) is 3.70. The summed E-state index contributed by atoms with van der Waals surface area (Å²) in [5.74, 6) is 0. The SMILES string of the molecule is CCC(c1ccccc1)n1cc2cccc(Cl)c2n1. The summed E-state index contributed by atoms with van der Waals surface area (Å²) in [7, 11) is 0. The minimum Gasteiger partial charge on any atom is -0.264 e. The molecule has 0 aliphatic heterocycles. The second-order valence-electron chi connectivity index (χ2n) is 4.62. The van der Waals surface area contributed by atoms with Gasteiger partial charge in [0.05, 0.1) is 11.1 Å². The van der Waals surface area contributed by atoms with Gasteiger partial charge in [-0.25, -0.2) is 0 Å². The van der Waals surface area contributed by atoms with Gasteiger partial charge in [-0.2, -0.15) is 5.10 Å². The molecule has 1 heterocycles. The van der Waals surface area contributed by atoms with E-state index in [0.717, 1.165) is 17.3 Å². The molecule has 1 unspecified atom stereocenters. The highest BCUT2D eigenvalue weighted by molar-refractivity contribution is 6.35. The van der Waals surface area contributed by atoms with Crippen LogP contribution in [0.2, 0.25) is 5.02 Å². The lowest BCUT2D eigenvalue weighted by Gasteiger charge is -2.15. The Labute approximate surface area is 117 Å². The van der Waals surface area contributed by atoms with E-state index in [2.05, 4.69) is 42.5 Å². The topological polar surface area (TPSA) is 17.8 Å². The van der Waals surface area contributed by atoms with Gasteiger partial charge in [-0.1, -0.05) is 61.0 Å². The van der Waals surface area contributed by atoms with Crippen molar-refractivity contribution in [3.63, 3.8) is 0 Å². The Morgan fingerprint density at radius 2 is 1.89 bits per heavy atom. The number of hydrogen-bond donors (Lipinski definition) is 0.